The lowest BCUT2D eigenvalue weighted by Gasteiger charge is -2.63. The van der Waals surface area contributed by atoms with Crippen LogP contribution in [0.2, 0.25) is 0 Å². The van der Waals surface area contributed by atoms with Gasteiger partial charge in [-0.3, -0.25) is 0 Å². The van der Waals surface area contributed by atoms with Crippen LogP contribution in [0.4, 0.5) is 0 Å². The molecule has 0 aliphatic heterocycles. The van der Waals surface area contributed by atoms with Gasteiger partial charge in [-0.1, -0.05) is 13.5 Å². The zero-order chi connectivity index (χ0) is 14.3. The van der Waals surface area contributed by atoms with Gasteiger partial charge in [0.15, 0.2) is 0 Å². The van der Waals surface area contributed by atoms with Crippen LogP contribution in [0.25, 0.3) is 0 Å². The standard InChI is InChI=1S/C12H20O2.C3H4O2/c1-2-12(14)10-4-8-3-9(5-10)7-11(12,13)6-8;1-2-3(4)5/h8-10,13-14H,2-7H2,1H3;2H,1H2,(H,4,5). The van der Waals surface area contributed by atoms with E-state index in [4.69, 9.17) is 5.11 Å². The highest BCUT2D eigenvalue weighted by Gasteiger charge is 2.63. The number of rotatable bonds is 2. The van der Waals surface area contributed by atoms with Crippen molar-refractivity contribution in [2.75, 3.05) is 0 Å². The quantitative estimate of drug-likeness (QED) is 0.669. The third-order valence-corrected chi connectivity index (χ3v) is 5.35. The molecule has 4 aliphatic carbocycles. The Balaban J connectivity index is 0.000000232. The molecule has 4 saturated carbocycles. The van der Waals surface area contributed by atoms with E-state index in [1.54, 1.807) is 0 Å². The van der Waals surface area contributed by atoms with Crippen LogP contribution in [-0.4, -0.2) is 32.5 Å². The van der Waals surface area contributed by atoms with Crippen molar-refractivity contribution < 1.29 is 20.1 Å². The Labute approximate surface area is 114 Å². The average Bonchev–Trinajstić information content (AvgIpc) is 2.35. The van der Waals surface area contributed by atoms with Gasteiger partial charge < -0.3 is 15.3 Å². The van der Waals surface area contributed by atoms with Crippen molar-refractivity contribution in [1.82, 2.24) is 0 Å². The van der Waals surface area contributed by atoms with E-state index >= 15 is 0 Å². The Kier molecular flexibility index (Phi) is 3.76. The fourth-order valence-corrected chi connectivity index (χ4v) is 4.68. The zero-order valence-corrected chi connectivity index (χ0v) is 11.5. The highest BCUT2D eigenvalue weighted by Crippen LogP contribution is 2.61. The molecular formula is C15H24O4. The van der Waals surface area contributed by atoms with Gasteiger partial charge in [-0.2, -0.15) is 0 Å². The lowest BCUT2D eigenvalue weighted by atomic mass is 9.47. The average molecular weight is 268 g/mol. The van der Waals surface area contributed by atoms with Crippen LogP contribution in [0.15, 0.2) is 12.7 Å². The third-order valence-electron chi connectivity index (χ3n) is 5.35. The van der Waals surface area contributed by atoms with E-state index in [1.165, 1.54) is 6.42 Å². The van der Waals surface area contributed by atoms with Crippen LogP contribution in [0.3, 0.4) is 0 Å². The van der Waals surface area contributed by atoms with E-state index in [0.29, 0.717) is 24.2 Å². The lowest BCUT2D eigenvalue weighted by Crippen LogP contribution is -2.68. The summed E-state index contributed by atoms with van der Waals surface area (Å²) < 4.78 is 0. The summed E-state index contributed by atoms with van der Waals surface area (Å²) in [6.07, 6.45) is 6.87. The monoisotopic (exact) mass is 268 g/mol. The second-order valence-electron chi connectivity index (χ2n) is 6.40. The zero-order valence-electron chi connectivity index (χ0n) is 11.5. The van der Waals surface area contributed by atoms with Crippen molar-refractivity contribution in [3.63, 3.8) is 0 Å². The fraction of sp³-hybridized carbons (Fsp3) is 0.800. The molecule has 4 heteroatoms. The molecule has 4 rings (SSSR count). The van der Waals surface area contributed by atoms with Gasteiger partial charge >= 0.3 is 5.97 Å². The van der Waals surface area contributed by atoms with E-state index in [2.05, 4.69) is 6.58 Å². The molecule has 0 aromatic carbocycles. The van der Waals surface area contributed by atoms with Crippen molar-refractivity contribution in [3.8, 4) is 0 Å². The van der Waals surface area contributed by atoms with Crippen molar-refractivity contribution in [2.45, 2.75) is 56.7 Å². The molecule has 0 amide bonds. The highest BCUT2D eigenvalue weighted by molar-refractivity contribution is 5.78. The summed E-state index contributed by atoms with van der Waals surface area (Å²) in [5.74, 6) is 0.794. The molecule has 0 radical (unpaired) electrons. The SMILES string of the molecule is C=CC(=O)O.CCC1(O)C2CC3CC(C2)CC1(O)C3. The Morgan fingerprint density at radius 3 is 2.05 bits per heavy atom. The number of carboxylic acid groups (broad SMARTS) is 1. The first-order valence-corrected chi connectivity index (χ1v) is 7.14. The fourth-order valence-electron chi connectivity index (χ4n) is 4.68. The molecule has 3 N–H and O–H groups in total. The minimum absolute atomic E-state index is 0.378. The van der Waals surface area contributed by atoms with Crippen LogP contribution in [0, 0.1) is 17.8 Å². The molecule has 3 atom stereocenters. The molecule has 19 heavy (non-hydrogen) atoms. The first-order chi connectivity index (χ1) is 8.84. The summed E-state index contributed by atoms with van der Waals surface area (Å²) >= 11 is 0. The number of carboxylic acids is 1. The topological polar surface area (TPSA) is 77.8 Å². The Bertz CT molecular complexity index is 364. The Morgan fingerprint density at radius 1 is 1.26 bits per heavy atom. The van der Waals surface area contributed by atoms with Gasteiger partial charge in [0, 0.05) is 6.08 Å². The highest BCUT2D eigenvalue weighted by atomic mass is 16.4. The minimum atomic E-state index is -0.981. The van der Waals surface area contributed by atoms with Gasteiger partial charge in [0.05, 0.1) is 11.2 Å². The summed E-state index contributed by atoms with van der Waals surface area (Å²) in [5.41, 5.74) is -1.50. The first kappa shape index (κ1) is 14.5. The van der Waals surface area contributed by atoms with Crippen LogP contribution < -0.4 is 0 Å². The normalized spacial score (nSPS) is 46.4. The number of aliphatic carboxylic acids is 1. The van der Waals surface area contributed by atoms with Crippen LogP contribution in [-0.2, 0) is 4.79 Å². The summed E-state index contributed by atoms with van der Waals surface area (Å²) in [4.78, 5) is 9.25. The molecule has 0 spiro atoms. The van der Waals surface area contributed by atoms with E-state index in [0.717, 1.165) is 31.8 Å². The van der Waals surface area contributed by atoms with Crippen LogP contribution >= 0.6 is 0 Å². The summed E-state index contributed by atoms with van der Waals surface area (Å²) in [5, 5.41) is 28.8. The van der Waals surface area contributed by atoms with E-state index in [-0.39, 0.29) is 0 Å². The Hall–Kier alpha value is -0.870. The molecule has 0 saturated heterocycles. The van der Waals surface area contributed by atoms with Crippen molar-refractivity contribution in [3.05, 3.63) is 12.7 Å². The Morgan fingerprint density at radius 2 is 1.74 bits per heavy atom. The maximum Gasteiger partial charge on any atom is 0.327 e. The molecule has 4 fully saturated rings. The maximum absolute atomic E-state index is 10.6. The predicted molar refractivity (Wildman–Crippen MR) is 71.6 cm³/mol. The molecule has 0 aromatic rings. The number of hydrogen-bond donors (Lipinski definition) is 3. The van der Waals surface area contributed by atoms with Gasteiger partial charge in [0.25, 0.3) is 0 Å². The van der Waals surface area contributed by atoms with Gasteiger partial charge in [-0.15, -0.1) is 0 Å². The lowest BCUT2D eigenvalue weighted by molar-refractivity contribution is -0.267. The van der Waals surface area contributed by atoms with Crippen LogP contribution in [0.5, 0.6) is 0 Å². The molecule has 108 valence electrons. The molecule has 0 aromatic heterocycles. The van der Waals surface area contributed by atoms with E-state index in [9.17, 15) is 15.0 Å². The maximum atomic E-state index is 10.6. The first-order valence-electron chi connectivity index (χ1n) is 7.14. The molecule has 3 unspecified atom stereocenters. The summed E-state index contributed by atoms with van der Waals surface area (Å²) in [6.45, 7) is 4.97. The molecular weight excluding hydrogens is 244 g/mol. The number of aliphatic hydroxyl groups is 2. The summed E-state index contributed by atoms with van der Waals surface area (Å²) in [7, 11) is 0. The molecule has 4 nitrogen and oxygen atoms in total. The molecule has 0 heterocycles. The number of hydrogen-bond acceptors (Lipinski definition) is 3. The summed E-state index contributed by atoms with van der Waals surface area (Å²) in [6, 6.07) is 0. The van der Waals surface area contributed by atoms with Crippen molar-refractivity contribution >= 4 is 5.97 Å². The van der Waals surface area contributed by atoms with Crippen molar-refractivity contribution in [2.24, 2.45) is 17.8 Å². The second kappa shape index (κ2) is 4.91. The minimum Gasteiger partial charge on any atom is -0.478 e. The van der Waals surface area contributed by atoms with Gasteiger partial charge in [-0.05, 0) is 56.3 Å². The van der Waals surface area contributed by atoms with Gasteiger partial charge in [0.2, 0.25) is 0 Å². The predicted octanol–water partition coefficient (Wildman–Crippen LogP) is 1.96. The van der Waals surface area contributed by atoms with Gasteiger partial charge in [0.1, 0.15) is 0 Å². The van der Waals surface area contributed by atoms with E-state index in [1.807, 2.05) is 6.92 Å². The van der Waals surface area contributed by atoms with Crippen molar-refractivity contribution in [1.29, 1.82) is 0 Å². The van der Waals surface area contributed by atoms with Gasteiger partial charge in [-0.25, -0.2) is 4.79 Å². The second-order valence-corrected chi connectivity index (χ2v) is 6.40. The van der Waals surface area contributed by atoms with Crippen LogP contribution in [0.1, 0.15) is 45.4 Å². The van der Waals surface area contributed by atoms with E-state index < -0.39 is 17.2 Å². The molecule has 4 bridgehead atoms. The number of carbonyl (C=O) groups is 1. The third kappa shape index (κ3) is 2.32. The largest absolute Gasteiger partial charge is 0.478 e. The molecule has 4 aliphatic rings. The smallest absolute Gasteiger partial charge is 0.327 e.